The molecule has 0 saturated carbocycles. The van der Waals surface area contributed by atoms with Gasteiger partial charge in [0.1, 0.15) is 0 Å². The Morgan fingerprint density at radius 3 is 2.50 bits per heavy atom. The summed E-state index contributed by atoms with van der Waals surface area (Å²) in [5.74, 6) is 0. The highest BCUT2D eigenvalue weighted by Gasteiger charge is 1.75. The summed E-state index contributed by atoms with van der Waals surface area (Å²) < 4.78 is 4.44. The van der Waals surface area contributed by atoms with Gasteiger partial charge in [-0.1, -0.05) is 13.3 Å². The maximum atomic E-state index is 4.44. The quantitative estimate of drug-likeness (QED) is 0.325. The lowest BCUT2D eigenvalue weighted by Gasteiger charge is -1.87. The van der Waals surface area contributed by atoms with Crippen LogP contribution in [-0.4, -0.2) is 6.61 Å². The molecule has 0 aromatic heterocycles. The zero-order valence-corrected chi connectivity index (χ0v) is 4.58. The molecule has 1 radical (unpaired) electrons. The van der Waals surface area contributed by atoms with Gasteiger partial charge in [0.05, 0.1) is 6.61 Å². The highest BCUT2D eigenvalue weighted by molar-refractivity contribution is 7.75. The predicted molar refractivity (Wildman–Crippen MR) is 29.5 cm³/mol. The Balaban J connectivity index is 2.34. The Bertz CT molecular complexity index is 19.5. The number of thiol groups is 1. The monoisotopic (exact) mass is 105 g/mol. The maximum Gasteiger partial charge on any atom is 0.0610 e. The third kappa shape index (κ3) is 4.31. The van der Waals surface area contributed by atoms with Gasteiger partial charge >= 0.3 is 0 Å². The molecule has 37 valence electrons. The van der Waals surface area contributed by atoms with Crippen LogP contribution in [-0.2, 0) is 4.18 Å². The molecule has 0 rings (SSSR count). The fourth-order valence-corrected chi connectivity index (χ4v) is 0.296. The summed E-state index contributed by atoms with van der Waals surface area (Å²) in [6.45, 7) is 4.32. The smallest absolute Gasteiger partial charge is 0.0610 e. The summed E-state index contributed by atoms with van der Waals surface area (Å²) in [6.07, 6.45) is 1.93. The normalized spacial score (nSPS) is 9.00. The van der Waals surface area contributed by atoms with Crippen molar-refractivity contribution in [2.75, 3.05) is 6.61 Å². The highest BCUT2D eigenvalue weighted by atomic mass is 32.1. The molecule has 0 aliphatic carbocycles. The minimum atomic E-state index is 0.715. The number of unbranched alkanes of at least 4 members (excludes halogenated alkanes) is 1. The topological polar surface area (TPSA) is 9.23 Å². The molecule has 0 fully saturated rings. The van der Waals surface area contributed by atoms with Crippen molar-refractivity contribution >= 4 is 12.9 Å². The predicted octanol–water partition coefficient (Wildman–Crippen LogP) is 1.46. The average Bonchev–Trinajstić information content (AvgIpc) is 1.61. The van der Waals surface area contributed by atoms with E-state index in [2.05, 4.69) is 24.0 Å². The molecule has 0 heterocycles. The minimum absolute atomic E-state index is 0.715. The van der Waals surface area contributed by atoms with E-state index in [1.165, 1.54) is 0 Å². The van der Waals surface area contributed by atoms with Gasteiger partial charge in [-0.3, -0.25) is 0 Å². The molecular weight excluding hydrogens is 96.1 g/mol. The van der Waals surface area contributed by atoms with E-state index in [9.17, 15) is 0 Å². The van der Waals surface area contributed by atoms with E-state index >= 15 is 0 Å². The minimum Gasteiger partial charge on any atom is -0.319 e. The van der Waals surface area contributed by atoms with Crippen molar-refractivity contribution in [1.82, 2.24) is 0 Å². The molecule has 6 heavy (non-hydrogen) atoms. The van der Waals surface area contributed by atoms with Crippen LogP contribution in [0.4, 0.5) is 0 Å². The van der Waals surface area contributed by atoms with Crippen LogP contribution >= 0.6 is 12.9 Å². The summed E-state index contributed by atoms with van der Waals surface area (Å²) in [5.41, 5.74) is 0. The highest BCUT2D eigenvalue weighted by Crippen LogP contribution is 1.87. The van der Waals surface area contributed by atoms with Gasteiger partial charge in [0.25, 0.3) is 0 Å². The second-order valence-electron chi connectivity index (χ2n) is 1.04. The average molecular weight is 105 g/mol. The van der Waals surface area contributed by atoms with E-state index in [1.54, 1.807) is 0 Å². The maximum absolute atomic E-state index is 4.44. The number of hydrogen-bond donors (Lipinski definition) is 1. The SMILES string of the molecule is [CH2]CCCOS. The first-order valence-corrected chi connectivity index (χ1v) is 2.34. The summed E-state index contributed by atoms with van der Waals surface area (Å²) in [7, 11) is 0. The second-order valence-corrected chi connectivity index (χ2v) is 1.30. The lowest BCUT2D eigenvalue weighted by molar-refractivity contribution is 0.373. The van der Waals surface area contributed by atoms with E-state index in [-0.39, 0.29) is 0 Å². The molecule has 0 bridgehead atoms. The van der Waals surface area contributed by atoms with Crippen molar-refractivity contribution in [3.63, 3.8) is 0 Å². The Morgan fingerprint density at radius 2 is 2.33 bits per heavy atom. The second kappa shape index (κ2) is 5.31. The lowest BCUT2D eigenvalue weighted by Crippen LogP contribution is -1.79. The molecule has 0 saturated heterocycles. The van der Waals surface area contributed by atoms with Crippen molar-refractivity contribution in [2.24, 2.45) is 0 Å². The molecule has 1 nitrogen and oxygen atoms in total. The zero-order valence-electron chi connectivity index (χ0n) is 3.68. The first-order chi connectivity index (χ1) is 2.91. The fraction of sp³-hybridized carbons (Fsp3) is 0.750. The van der Waals surface area contributed by atoms with Crippen LogP contribution in [0.3, 0.4) is 0 Å². The van der Waals surface area contributed by atoms with E-state index in [1.807, 2.05) is 0 Å². The van der Waals surface area contributed by atoms with Crippen LogP contribution < -0.4 is 0 Å². The van der Waals surface area contributed by atoms with Gasteiger partial charge in [0, 0.05) is 0 Å². The number of rotatable bonds is 3. The Kier molecular flexibility index (Phi) is 5.58. The largest absolute Gasteiger partial charge is 0.319 e. The standard InChI is InChI=1S/C4H9OS/c1-2-3-4-5-6/h6H,1-4H2. The first kappa shape index (κ1) is 6.31. The van der Waals surface area contributed by atoms with E-state index in [0.29, 0.717) is 6.61 Å². The van der Waals surface area contributed by atoms with Crippen LogP contribution in [0.25, 0.3) is 0 Å². The van der Waals surface area contributed by atoms with Crippen molar-refractivity contribution in [2.45, 2.75) is 12.8 Å². The first-order valence-electron chi connectivity index (χ1n) is 1.97. The summed E-state index contributed by atoms with van der Waals surface area (Å²) in [4.78, 5) is 0. The third-order valence-electron chi connectivity index (χ3n) is 0.486. The molecule has 0 atom stereocenters. The van der Waals surface area contributed by atoms with Crippen LogP contribution in [0.15, 0.2) is 0 Å². The molecule has 0 N–H and O–H groups in total. The van der Waals surface area contributed by atoms with Crippen LogP contribution in [0.5, 0.6) is 0 Å². The molecule has 0 aromatic carbocycles. The molecule has 2 heteroatoms. The van der Waals surface area contributed by atoms with Gasteiger partial charge in [-0.15, -0.1) is 0 Å². The summed E-state index contributed by atoms with van der Waals surface area (Å²) >= 11 is 3.53. The van der Waals surface area contributed by atoms with Gasteiger partial charge in [-0.2, -0.15) is 0 Å². The lowest BCUT2D eigenvalue weighted by atomic mass is 10.4. The molecule has 0 amide bonds. The molecule has 0 aromatic rings. The number of hydrogen-bond acceptors (Lipinski definition) is 2. The summed E-state index contributed by atoms with van der Waals surface area (Å²) in [6, 6.07) is 0. The van der Waals surface area contributed by atoms with Crippen molar-refractivity contribution < 1.29 is 4.18 Å². The van der Waals surface area contributed by atoms with Gasteiger partial charge in [0.15, 0.2) is 0 Å². The van der Waals surface area contributed by atoms with E-state index < -0.39 is 0 Å². The molecule has 0 aliphatic heterocycles. The zero-order chi connectivity index (χ0) is 4.83. The van der Waals surface area contributed by atoms with E-state index in [0.717, 1.165) is 12.8 Å². The fourth-order valence-electron chi connectivity index (χ4n) is 0.167. The Hall–Kier alpha value is 0.310. The van der Waals surface area contributed by atoms with Crippen LogP contribution in [0, 0.1) is 6.92 Å². The van der Waals surface area contributed by atoms with Gasteiger partial charge in [0.2, 0.25) is 0 Å². The Labute approximate surface area is 44.3 Å². The Morgan fingerprint density at radius 1 is 1.67 bits per heavy atom. The van der Waals surface area contributed by atoms with Gasteiger partial charge in [-0.05, 0) is 19.3 Å². The molecule has 0 aliphatic rings. The van der Waals surface area contributed by atoms with Crippen molar-refractivity contribution in [3.05, 3.63) is 6.92 Å². The molecule has 0 unspecified atom stereocenters. The van der Waals surface area contributed by atoms with Gasteiger partial charge in [-0.25, -0.2) is 0 Å². The molecule has 0 spiro atoms. The van der Waals surface area contributed by atoms with E-state index in [4.69, 9.17) is 0 Å². The van der Waals surface area contributed by atoms with Crippen molar-refractivity contribution in [1.29, 1.82) is 0 Å². The third-order valence-corrected chi connectivity index (χ3v) is 0.668. The van der Waals surface area contributed by atoms with Gasteiger partial charge < -0.3 is 4.18 Å². The van der Waals surface area contributed by atoms with Crippen LogP contribution in [0.1, 0.15) is 12.8 Å². The summed E-state index contributed by atoms with van der Waals surface area (Å²) in [5, 5.41) is 0. The van der Waals surface area contributed by atoms with Crippen LogP contribution in [0.2, 0.25) is 0 Å². The molecular formula is C4H9OS. The van der Waals surface area contributed by atoms with Crippen molar-refractivity contribution in [3.8, 4) is 0 Å².